The second-order valence-corrected chi connectivity index (χ2v) is 4.99. The summed E-state index contributed by atoms with van der Waals surface area (Å²) in [5.74, 6) is 0.576. The van der Waals surface area contributed by atoms with Crippen LogP contribution in [0.3, 0.4) is 0 Å². The molecule has 0 saturated carbocycles. The molecule has 0 radical (unpaired) electrons. The van der Waals surface area contributed by atoms with Gasteiger partial charge in [-0.3, -0.25) is 4.68 Å². The lowest BCUT2D eigenvalue weighted by molar-refractivity contribution is 0.303. The second-order valence-electron chi connectivity index (χ2n) is 4.56. The number of nitrogen functional groups attached to an aromatic ring is 1. The van der Waals surface area contributed by atoms with E-state index in [0.717, 1.165) is 16.6 Å². The van der Waals surface area contributed by atoms with E-state index in [0.29, 0.717) is 23.1 Å². The Balaban J connectivity index is 1.89. The van der Waals surface area contributed by atoms with E-state index in [1.807, 2.05) is 36.0 Å². The van der Waals surface area contributed by atoms with E-state index < -0.39 is 0 Å². The topological polar surface area (TPSA) is 53.1 Å². The molecule has 0 aliphatic rings. The number of benzene rings is 2. The Labute approximate surface area is 121 Å². The van der Waals surface area contributed by atoms with Crippen LogP contribution in [0.2, 0.25) is 5.02 Å². The number of nitrogens with two attached hydrogens (primary N) is 1. The number of halogens is 1. The Morgan fingerprint density at radius 3 is 2.90 bits per heavy atom. The summed E-state index contributed by atoms with van der Waals surface area (Å²) in [7, 11) is 1.92. The first-order chi connectivity index (χ1) is 9.65. The van der Waals surface area contributed by atoms with Crippen LogP contribution in [-0.2, 0) is 13.7 Å². The average molecular weight is 288 g/mol. The Morgan fingerprint density at radius 2 is 2.05 bits per heavy atom. The number of aromatic nitrogens is 2. The number of aryl methyl sites for hydroxylation is 1. The predicted molar refractivity (Wildman–Crippen MR) is 80.9 cm³/mol. The molecule has 1 aromatic heterocycles. The quantitative estimate of drug-likeness (QED) is 0.751. The Kier molecular flexibility index (Phi) is 3.24. The molecule has 5 heteroatoms. The summed E-state index contributed by atoms with van der Waals surface area (Å²) in [5, 5.41) is 6.15. The zero-order chi connectivity index (χ0) is 14.1. The largest absolute Gasteiger partial charge is 0.485 e. The van der Waals surface area contributed by atoms with Gasteiger partial charge in [-0.05, 0) is 18.2 Å². The number of fused-ring (bicyclic) bond motifs is 1. The van der Waals surface area contributed by atoms with E-state index in [1.165, 1.54) is 0 Å². The number of nitrogens with zero attached hydrogens (tertiary/aromatic N) is 2. The zero-order valence-corrected chi connectivity index (χ0v) is 11.8. The Hall–Kier alpha value is -2.20. The van der Waals surface area contributed by atoms with Crippen LogP contribution in [0.5, 0.6) is 5.75 Å². The highest BCUT2D eigenvalue weighted by Crippen LogP contribution is 2.27. The molecule has 102 valence electrons. The fraction of sp³-hybridized carbons (Fsp3) is 0.133. The molecular weight excluding hydrogens is 274 g/mol. The number of ether oxygens (including phenoxy) is 1. The van der Waals surface area contributed by atoms with Crippen LogP contribution in [0.1, 0.15) is 5.69 Å². The minimum absolute atomic E-state index is 0.353. The van der Waals surface area contributed by atoms with E-state index in [1.54, 1.807) is 18.2 Å². The van der Waals surface area contributed by atoms with Crippen molar-refractivity contribution < 1.29 is 4.74 Å². The van der Waals surface area contributed by atoms with Gasteiger partial charge in [0.25, 0.3) is 0 Å². The molecule has 2 N–H and O–H groups in total. The van der Waals surface area contributed by atoms with E-state index in [4.69, 9.17) is 22.1 Å². The first-order valence-corrected chi connectivity index (χ1v) is 6.61. The van der Waals surface area contributed by atoms with Gasteiger partial charge in [0, 0.05) is 23.5 Å². The fourth-order valence-corrected chi connectivity index (χ4v) is 2.34. The lowest BCUT2D eigenvalue weighted by atomic mass is 10.2. The number of anilines is 1. The summed E-state index contributed by atoms with van der Waals surface area (Å²) in [6.07, 6.45) is 0. The smallest absolute Gasteiger partial charge is 0.144 e. The maximum Gasteiger partial charge on any atom is 0.144 e. The molecule has 0 saturated heterocycles. The number of hydrogen-bond acceptors (Lipinski definition) is 3. The molecular formula is C15H14ClN3O. The van der Waals surface area contributed by atoms with Crippen molar-refractivity contribution in [2.75, 3.05) is 5.73 Å². The summed E-state index contributed by atoms with van der Waals surface area (Å²) in [4.78, 5) is 0. The third-order valence-corrected chi connectivity index (χ3v) is 3.41. The second kappa shape index (κ2) is 5.06. The van der Waals surface area contributed by atoms with Gasteiger partial charge in [-0.25, -0.2) is 0 Å². The normalized spacial score (nSPS) is 10.9. The van der Waals surface area contributed by atoms with E-state index in [9.17, 15) is 0 Å². The minimum atomic E-state index is 0.353. The lowest BCUT2D eigenvalue weighted by Crippen LogP contribution is -2.00. The summed E-state index contributed by atoms with van der Waals surface area (Å²) >= 11 is 5.94. The molecule has 0 unspecified atom stereocenters. The lowest BCUT2D eigenvalue weighted by Gasteiger charge is -2.08. The Morgan fingerprint density at radius 1 is 1.25 bits per heavy atom. The minimum Gasteiger partial charge on any atom is -0.485 e. The van der Waals surface area contributed by atoms with Gasteiger partial charge in [0.1, 0.15) is 18.1 Å². The molecule has 0 aliphatic heterocycles. The maximum absolute atomic E-state index is 5.94. The molecule has 0 amide bonds. The van der Waals surface area contributed by atoms with Gasteiger partial charge in [0.2, 0.25) is 0 Å². The van der Waals surface area contributed by atoms with Gasteiger partial charge in [-0.2, -0.15) is 5.10 Å². The van der Waals surface area contributed by atoms with Crippen LogP contribution >= 0.6 is 11.6 Å². The van der Waals surface area contributed by atoms with E-state index in [-0.39, 0.29) is 0 Å². The SMILES string of the molecule is Cn1nc(COc2cc(Cl)ccc2N)c2ccccc21. The van der Waals surface area contributed by atoms with Crippen LogP contribution < -0.4 is 10.5 Å². The van der Waals surface area contributed by atoms with Crippen LogP contribution in [0.4, 0.5) is 5.69 Å². The molecule has 0 atom stereocenters. The van der Waals surface area contributed by atoms with Crippen molar-refractivity contribution in [2.24, 2.45) is 7.05 Å². The van der Waals surface area contributed by atoms with Crippen molar-refractivity contribution in [3.8, 4) is 5.75 Å². The third kappa shape index (κ3) is 2.30. The molecule has 1 heterocycles. The van der Waals surface area contributed by atoms with Gasteiger partial charge in [0.15, 0.2) is 0 Å². The third-order valence-electron chi connectivity index (χ3n) is 3.17. The van der Waals surface area contributed by atoms with Gasteiger partial charge in [-0.15, -0.1) is 0 Å². The van der Waals surface area contributed by atoms with Crippen molar-refractivity contribution in [1.82, 2.24) is 9.78 Å². The van der Waals surface area contributed by atoms with E-state index in [2.05, 4.69) is 5.10 Å². The number of para-hydroxylation sites is 1. The van der Waals surface area contributed by atoms with Gasteiger partial charge >= 0.3 is 0 Å². The predicted octanol–water partition coefficient (Wildman–Crippen LogP) is 3.39. The maximum atomic E-state index is 5.94. The van der Waals surface area contributed by atoms with Crippen LogP contribution in [0.15, 0.2) is 42.5 Å². The van der Waals surface area contributed by atoms with Crippen molar-refractivity contribution in [3.05, 3.63) is 53.2 Å². The first-order valence-electron chi connectivity index (χ1n) is 6.23. The monoisotopic (exact) mass is 287 g/mol. The number of rotatable bonds is 3. The van der Waals surface area contributed by atoms with Crippen molar-refractivity contribution >= 4 is 28.2 Å². The van der Waals surface area contributed by atoms with Crippen LogP contribution in [-0.4, -0.2) is 9.78 Å². The van der Waals surface area contributed by atoms with Gasteiger partial charge in [-0.1, -0.05) is 29.8 Å². The molecule has 20 heavy (non-hydrogen) atoms. The van der Waals surface area contributed by atoms with E-state index >= 15 is 0 Å². The summed E-state index contributed by atoms with van der Waals surface area (Å²) in [6.45, 7) is 0.353. The molecule has 2 aromatic carbocycles. The van der Waals surface area contributed by atoms with Crippen molar-refractivity contribution in [2.45, 2.75) is 6.61 Å². The number of hydrogen-bond donors (Lipinski definition) is 1. The highest BCUT2D eigenvalue weighted by Gasteiger charge is 2.09. The molecule has 0 fully saturated rings. The average Bonchev–Trinajstić information content (AvgIpc) is 2.77. The fourth-order valence-electron chi connectivity index (χ4n) is 2.17. The summed E-state index contributed by atoms with van der Waals surface area (Å²) < 4.78 is 7.58. The summed E-state index contributed by atoms with van der Waals surface area (Å²) in [6, 6.07) is 13.2. The highest BCUT2D eigenvalue weighted by atomic mass is 35.5. The zero-order valence-electron chi connectivity index (χ0n) is 11.0. The molecule has 3 aromatic rings. The van der Waals surface area contributed by atoms with Crippen LogP contribution in [0.25, 0.3) is 10.9 Å². The molecule has 0 bridgehead atoms. The van der Waals surface area contributed by atoms with Gasteiger partial charge in [0.05, 0.1) is 11.2 Å². The van der Waals surface area contributed by atoms with Crippen molar-refractivity contribution in [1.29, 1.82) is 0 Å². The highest BCUT2D eigenvalue weighted by molar-refractivity contribution is 6.30. The molecule has 0 spiro atoms. The van der Waals surface area contributed by atoms with Gasteiger partial charge < -0.3 is 10.5 Å². The molecule has 4 nitrogen and oxygen atoms in total. The van der Waals surface area contributed by atoms with Crippen molar-refractivity contribution in [3.63, 3.8) is 0 Å². The molecule has 0 aliphatic carbocycles. The summed E-state index contributed by atoms with van der Waals surface area (Å²) in [5.41, 5.74) is 8.38. The first kappa shape index (κ1) is 12.8. The molecule has 3 rings (SSSR count). The Bertz CT molecular complexity index is 767. The standard InChI is InChI=1S/C15H14ClN3O/c1-19-14-5-3-2-4-11(14)13(18-19)9-20-15-8-10(16)6-7-12(15)17/h2-8H,9,17H2,1H3. The van der Waals surface area contributed by atoms with Crippen LogP contribution in [0, 0.1) is 0 Å².